The van der Waals surface area contributed by atoms with E-state index in [9.17, 15) is 9.59 Å². The third-order valence-electron chi connectivity index (χ3n) is 5.76. The van der Waals surface area contributed by atoms with Crippen LogP contribution in [0.15, 0.2) is 30.3 Å². The third-order valence-corrected chi connectivity index (χ3v) is 6.93. The smallest absolute Gasteiger partial charge is 0.341 e. The maximum absolute atomic E-state index is 12.8. The molecule has 0 saturated heterocycles. The molecule has 0 saturated carbocycles. The molecule has 0 fully saturated rings. The number of ether oxygens (including phenoxy) is 1. The molecule has 0 aliphatic heterocycles. The molecule has 5 heteroatoms. The number of carbonyl (C=O) groups excluding carboxylic acids is 2. The Balaban J connectivity index is 1.81. The van der Waals surface area contributed by atoms with Crippen LogP contribution in [0, 0.1) is 11.3 Å². The molecule has 0 bridgehead atoms. The van der Waals surface area contributed by atoms with Gasteiger partial charge >= 0.3 is 5.97 Å². The maximum atomic E-state index is 12.8. The van der Waals surface area contributed by atoms with Gasteiger partial charge in [0.1, 0.15) is 5.00 Å². The second-order valence-corrected chi connectivity index (χ2v) is 11.0. The minimum atomic E-state index is -0.323. The molecule has 1 aromatic carbocycles. The first-order chi connectivity index (χ1) is 14.7. The van der Waals surface area contributed by atoms with Gasteiger partial charge in [0.15, 0.2) is 0 Å². The van der Waals surface area contributed by atoms with E-state index in [0.717, 1.165) is 31.2 Å². The van der Waals surface area contributed by atoms with Gasteiger partial charge in [-0.05, 0) is 61.0 Å². The summed E-state index contributed by atoms with van der Waals surface area (Å²) in [5.41, 5.74) is 3.16. The summed E-state index contributed by atoms with van der Waals surface area (Å²) in [5, 5.41) is 3.71. The van der Waals surface area contributed by atoms with Crippen molar-refractivity contribution in [2.45, 2.75) is 72.6 Å². The Morgan fingerprint density at radius 2 is 1.94 bits per heavy atom. The van der Waals surface area contributed by atoms with Crippen LogP contribution in [0.2, 0.25) is 0 Å². The summed E-state index contributed by atoms with van der Waals surface area (Å²) in [7, 11) is 0. The molecule has 1 aliphatic carbocycles. The summed E-state index contributed by atoms with van der Waals surface area (Å²) in [4.78, 5) is 26.8. The maximum Gasteiger partial charge on any atom is 0.341 e. The first-order valence-corrected chi connectivity index (χ1v) is 12.2. The van der Waals surface area contributed by atoms with E-state index in [1.165, 1.54) is 10.4 Å². The zero-order valence-electron chi connectivity index (χ0n) is 19.4. The molecule has 1 aromatic heterocycles. The van der Waals surface area contributed by atoms with Crippen molar-refractivity contribution in [3.63, 3.8) is 0 Å². The molecule has 3 rings (SSSR count). The van der Waals surface area contributed by atoms with E-state index in [1.807, 2.05) is 13.0 Å². The Labute approximate surface area is 190 Å². The highest BCUT2D eigenvalue weighted by atomic mass is 32.1. The van der Waals surface area contributed by atoms with Gasteiger partial charge in [-0.3, -0.25) is 4.79 Å². The molecule has 1 heterocycles. The Bertz CT molecular complexity index is 911. The molecule has 1 N–H and O–H groups in total. The highest BCUT2D eigenvalue weighted by Gasteiger charge is 2.31. The van der Waals surface area contributed by atoms with Gasteiger partial charge < -0.3 is 10.1 Å². The van der Waals surface area contributed by atoms with Crippen molar-refractivity contribution in [3.05, 3.63) is 51.9 Å². The molecule has 2 atom stereocenters. The van der Waals surface area contributed by atoms with Crippen molar-refractivity contribution in [2.75, 3.05) is 11.9 Å². The second kappa shape index (κ2) is 9.99. The summed E-state index contributed by atoms with van der Waals surface area (Å²) in [6, 6.07) is 10.5. The fourth-order valence-electron chi connectivity index (χ4n) is 4.71. The van der Waals surface area contributed by atoms with E-state index in [4.69, 9.17) is 4.74 Å². The van der Waals surface area contributed by atoms with Gasteiger partial charge in [0.05, 0.1) is 12.2 Å². The predicted molar refractivity (Wildman–Crippen MR) is 128 cm³/mol. The summed E-state index contributed by atoms with van der Waals surface area (Å²) in [5.74, 6) is 0.373. The lowest BCUT2D eigenvalue weighted by molar-refractivity contribution is -0.117. The van der Waals surface area contributed by atoms with E-state index >= 15 is 0 Å². The quantitative estimate of drug-likeness (QED) is 0.493. The van der Waals surface area contributed by atoms with Gasteiger partial charge in [-0.25, -0.2) is 4.79 Å². The molecule has 4 nitrogen and oxygen atoms in total. The molecule has 0 spiro atoms. The summed E-state index contributed by atoms with van der Waals surface area (Å²) in [6.45, 7) is 10.8. The van der Waals surface area contributed by atoms with Gasteiger partial charge in [-0.1, -0.05) is 58.0 Å². The second-order valence-electron chi connectivity index (χ2n) is 9.90. The highest BCUT2D eigenvalue weighted by Crippen LogP contribution is 2.43. The number of anilines is 1. The van der Waals surface area contributed by atoms with Crippen LogP contribution in [0.5, 0.6) is 0 Å². The number of benzene rings is 1. The number of hydrogen-bond acceptors (Lipinski definition) is 4. The van der Waals surface area contributed by atoms with Gasteiger partial charge in [-0.2, -0.15) is 0 Å². The van der Waals surface area contributed by atoms with Crippen LogP contribution in [-0.2, 0) is 22.4 Å². The van der Waals surface area contributed by atoms with Crippen LogP contribution in [0.4, 0.5) is 5.00 Å². The van der Waals surface area contributed by atoms with Crippen LogP contribution in [0.3, 0.4) is 0 Å². The van der Waals surface area contributed by atoms with Crippen molar-refractivity contribution in [2.24, 2.45) is 11.3 Å². The fraction of sp³-hybridized carbons (Fsp3) is 0.538. The zero-order valence-corrected chi connectivity index (χ0v) is 20.2. The van der Waals surface area contributed by atoms with E-state index in [0.29, 0.717) is 29.5 Å². The minimum absolute atomic E-state index is 0.0273. The van der Waals surface area contributed by atoms with Gasteiger partial charge in [-0.15, -0.1) is 11.3 Å². The van der Waals surface area contributed by atoms with Crippen LogP contribution >= 0.6 is 11.3 Å². The molecule has 2 aromatic rings. The monoisotopic (exact) mass is 441 g/mol. The van der Waals surface area contributed by atoms with E-state index in [-0.39, 0.29) is 23.2 Å². The number of rotatable bonds is 7. The van der Waals surface area contributed by atoms with Gasteiger partial charge in [0.2, 0.25) is 5.91 Å². The number of carbonyl (C=O) groups is 2. The number of amides is 1. The van der Waals surface area contributed by atoms with E-state index in [1.54, 1.807) is 11.3 Å². The molecule has 1 amide bonds. The molecule has 1 aliphatic rings. The predicted octanol–water partition coefficient (Wildman–Crippen LogP) is 6.60. The lowest BCUT2D eigenvalue weighted by atomic mass is 9.83. The van der Waals surface area contributed by atoms with Crippen LogP contribution in [0.25, 0.3) is 0 Å². The number of nitrogens with one attached hydrogen (secondary N) is 1. The first kappa shape index (κ1) is 23.5. The molecule has 0 unspecified atom stereocenters. The molecular formula is C26H35NO3S. The lowest BCUT2D eigenvalue weighted by Gasteiger charge is -2.23. The van der Waals surface area contributed by atoms with Crippen molar-refractivity contribution in [3.8, 4) is 0 Å². The average Bonchev–Trinajstić information content (AvgIpc) is 3.03. The number of esters is 1. The molecular weight excluding hydrogens is 406 g/mol. The fourth-order valence-corrected chi connectivity index (χ4v) is 6.05. The first-order valence-electron chi connectivity index (χ1n) is 11.3. The highest BCUT2D eigenvalue weighted by molar-refractivity contribution is 7.17. The van der Waals surface area contributed by atoms with E-state index in [2.05, 4.69) is 57.3 Å². The third kappa shape index (κ3) is 6.19. The Morgan fingerprint density at radius 3 is 2.58 bits per heavy atom. The van der Waals surface area contributed by atoms with Crippen LogP contribution in [0.1, 0.15) is 86.2 Å². The zero-order chi connectivity index (χ0) is 22.6. The lowest BCUT2D eigenvalue weighted by Crippen LogP contribution is -2.20. The Kier molecular flexibility index (Phi) is 7.58. The SMILES string of the molecule is CCOC(=O)c1c(NC(=O)C[C@H](C)CC(C)(C)C)sc2c1CC[C@@H](c1ccccc1)C2. The van der Waals surface area contributed by atoms with Gasteiger partial charge in [0.25, 0.3) is 0 Å². The topological polar surface area (TPSA) is 55.4 Å². The summed E-state index contributed by atoms with van der Waals surface area (Å²) < 4.78 is 5.35. The van der Waals surface area contributed by atoms with Crippen LogP contribution < -0.4 is 5.32 Å². The van der Waals surface area contributed by atoms with Gasteiger partial charge in [0, 0.05) is 11.3 Å². The van der Waals surface area contributed by atoms with Crippen molar-refractivity contribution < 1.29 is 14.3 Å². The number of fused-ring (bicyclic) bond motifs is 1. The summed E-state index contributed by atoms with van der Waals surface area (Å²) >= 11 is 1.55. The molecule has 0 radical (unpaired) electrons. The number of hydrogen-bond donors (Lipinski definition) is 1. The van der Waals surface area contributed by atoms with Crippen LogP contribution in [-0.4, -0.2) is 18.5 Å². The Morgan fingerprint density at radius 1 is 1.23 bits per heavy atom. The normalized spacial score (nSPS) is 17.0. The summed E-state index contributed by atoms with van der Waals surface area (Å²) in [6.07, 6.45) is 4.15. The molecule has 168 valence electrons. The largest absolute Gasteiger partial charge is 0.462 e. The number of thiophene rings is 1. The minimum Gasteiger partial charge on any atom is -0.462 e. The average molecular weight is 442 g/mol. The van der Waals surface area contributed by atoms with Crippen molar-refractivity contribution >= 4 is 28.2 Å². The molecule has 31 heavy (non-hydrogen) atoms. The van der Waals surface area contributed by atoms with E-state index < -0.39 is 0 Å². The standard InChI is InChI=1S/C26H35NO3S/c1-6-30-25(29)23-20-13-12-19(18-10-8-7-9-11-18)15-21(20)31-24(23)27-22(28)14-17(2)16-26(3,4)5/h7-11,17,19H,6,12-16H2,1-5H3,(H,27,28)/t17-,19+/m0/s1. The Hall–Kier alpha value is -2.14. The van der Waals surface area contributed by atoms with Crippen molar-refractivity contribution in [1.82, 2.24) is 0 Å². The van der Waals surface area contributed by atoms with Crippen molar-refractivity contribution in [1.29, 1.82) is 0 Å².